The van der Waals surface area contributed by atoms with E-state index >= 15 is 0 Å². The quantitative estimate of drug-likeness (QED) is 0.693. The number of hydrogen-bond donors (Lipinski definition) is 1. The fraction of sp³-hybridized carbons (Fsp3) is 0.643. The molecule has 1 rings (SSSR count). The molecule has 0 spiro atoms. The molecule has 0 saturated carbocycles. The number of halogens is 1. The van der Waals surface area contributed by atoms with Gasteiger partial charge in [-0.25, -0.2) is 4.98 Å². The lowest BCUT2D eigenvalue weighted by Crippen LogP contribution is -2.12. The smallest absolute Gasteiger partial charge is 0.213 e. The molecule has 0 saturated heterocycles. The highest BCUT2D eigenvalue weighted by Gasteiger charge is 2.03. The molecule has 3 nitrogen and oxygen atoms in total. The van der Waals surface area contributed by atoms with Crippen LogP contribution < -0.4 is 10.1 Å². The van der Waals surface area contributed by atoms with E-state index < -0.39 is 0 Å². The van der Waals surface area contributed by atoms with Crippen LogP contribution in [-0.2, 0) is 6.54 Å². The van der Waals surface area contributed by atoms with Gasteiger partial charge in [-0.2, -0.15) is 0 Å². The van der Waals surface area contributed by atoms with Crippen molar-refractivity contribution in [2.75, 3.05) is 13.2 Å². The zero-order chi connectivity index (χ0) is 13.2. The summed E-state index contributed by atoms with van der Waals surface area (Å²) in [6, 6.07) is 1.92. The van der Waals surface area contributed by atoms with Gasteiger partial charge in [0, 0.05) is 18.8 Å². The van der Waals surface area contributed by atoms with Gasteiger partial charge in [0.25, 0.3) is 0 Å². The van der Waals surface area contributed by atoms with E-state index in [2.05, 4.69) is 24.1 Å². The number of hydrogen-bond acceptors (Lipinski definition) is 3. The summed E-state index contributed by atoms with van der Waals surface area (Å²) >= 11 is 6.08. The Labute approximate surface area is 115 Å². The van der Waals surface area contributed by atoms with Crippen LogP contribution in [0.25, 0.3) is 0 Å². The Morgan fingerprint density at radius 1 is 1.28 bits per heavy atom. The highest BCUT2D eigenvalue weighted by atomic mass is 35.5. The van der Waals surface area contributed by atoms with E-state index in [9.17, 15) is 0 Å². The number of ether oxygens (including phenoxy) is 1. The van der Waals surface area contributed by atoms with Crippen LogP contribution in [0.4, 0.5) is 0 Å². The van der Waals surface area contributed by atoms with Gasteiger partial charge in [-0.1, -0.05) is 44.7 Å². The van der Waals surface area contributed by atoms with E-state index in [1.807, 2.05) is 6.07 Å². The molecule has 0 fully saturated rings. The van der Waals surface area contributed by atoms with E-state index in [1.54, 1.807) is 6.20 Å². The van der Waals surface area contributed by atoms with Crippen LogP contribution in [0.5, 0.6) is 5.88 Å². The fourth-order valence-electron chi connectivity index (χ4n) is 1.64. The molecule has 1 aromatic heterocycles. The summed E-state index contributed by atoms with van der Waals surface area (Å²) in [5.74, 6) is 0.670. The second kappa shape index (κ2) is 9.17. The molecule has 1 N–H and O–H groups in total. The zero-order valence-electron chi connectivity index (χ0n) is 11.3. The maximum Gasteiger partial charge on any atom is 0.213 e. The number of nitrogens with one attached hydrogen (secondary N) is 1. The molecular formula is C14H23ClN2O. The third-order valence-corrected chi connectivity index (χ3v) is 3.06. The predicted molar refractivity (Wildman–Crippen MR) is 76.3 cm³/mol. The van der Waals surface area contributed by atoms with Gasteiger partial charge in [0.15, 0.2) is 0 Å². The molecule has 0 amide bonds. The molecule has 18 heavy (non-hydrogen) atoms. The van der Waals surface area contributed by atoms with Gasteiger partial charge < -0.3 is 10.1 Å². The van der Waals surface area contributed by atoms with Gasteiger partial charge in [-0.3, -0.25) is 0 Å². The second-order valence-electron chi connectivity index (χ2n) is 4.30. The Kier molecular flexibility index (Phi) is 7.78. The van der Waals surface area contributed by atoms with Crippen molar-refractivity contribution >= 4 is 11.6 Å². The van der Waals surface area contributed by atoms with Gasteiger partial charge in [0.05, 0.1) is 11.6 Å². The summed E-state index contributed by atoms with van der Waals surface area (Å²) in [5.41, 5.74) is 1.04. The lowest BCUT2D eigenvalue weighted by Gasteiger charge is -2.09. The summed E-state index contributed by atoms with van der Waals surface area (Å²) in [7, 11) is 0. The average molecular weight is 271 g/mol. The number of pyridine rings is 1. The van der Waals surface area contributed by atoms with Gasteiger partial charge in [-0.15, -0.1) is 0 Å². The molecule has 0 bridgehead atoms. The monoisotopic (exact) mass is 270 g/mol. The van der Waals surface area contributed by atoms with Crippen molar-refractivity contribution in [2.24, 2.45) is 0 Å². The summed E-state index contributed by atoms with van der Waals surface area (Å²) in [6.07, 6.45) is 6.47. The highest BCUT2D eigenvalue weighted by molar-refractivity contribution is 6.31. The zero-order valence-corrected chi connectivity index (χ0v) is 12.1. The first-order valence-corrected chi connectivity index (χ1v) is 7.13. The summed E-state index contributed by atoms with van der Waals surface area (Å²) in [5, 5.41) is 3.94. The molecule has 0 aliphatic heterocycles. The molecule has 0 radical (unpaired) electrons. The highest BCUT2D eigenvalue weighted by Crippen LogP contribution is 2.19. The molecule has 1 heterocycles. The second-order valence-corrected chi connectivity index (χ2v) is 4.71. The van der Waals surface area contributed by atoms with E-state index in [4.69, 9.17) is 16.3 Å². The van der Waals surface area contributed by atoms with Crippen LogP contribution in [0.15, 0.2) is 12.3 Å². The topological polar surface area (TPSA) is 34.1 Å². The van der Waals surface area contributed by atoms with Crippen molar-refractivity contribution in [3.05, 3.63) is 22.8 Å². The Balaban J connectivity index is 2.40. The van der Waals surface area contributed by atoms with Crippen LogP contribution in [0.3, 0.4) is 0 Å². The first-order chi connectivity index (χ1) is 8.77. The van der Waals surface area contributed by atoms with Crippen LogP contribution in [-0.4, -0.2) is 18.1 Å². The van der Waals surface area contributed by atoms with Crippen LogP contribution in [0.1, 0.15) is 45.1 Å². The minimum Gasteiger partial charge on any atom is -0.478 e. The van der Waals surface area contributed by atoms with Crippen molar-refractivity contribution in [2.45, 2.75) is 46.1 Å². The number of aromatic nitrogens is 1. The molecular weight excluding hydrogens is 248 g/mol. The van der Waals surface area contributed by atoms with E-state index in [0.717, 1.165) is 31.7 Å². The van der Waals surface area contributed by atoms with Crippen molar-refractivity contribution in [1.29, 1.82) is 0 Å². The van der Waals surface area contributed by atoms with Gasteiger partial charge in [0.1, 0.15) is 0 Å². The van der Waals surface area contributed by atoms with Gasteiger partial charge in [0.2, 0.25) is 5.88 Å². The van der Waals surface area contributed by atoms with Gasteiger partial charge in [-0.05, 0) is 18.5 Å². The Bertz CT molecular complexity index is 345. The maximum atomic E-state index is 6.08. The van der Waals surface area contributed by atoms with Crippen molar-refractivity contribution in [3.8, 4) is 5.88 Å². The number of nitrogens with zero attached hydrogens (tertiary/aromatic N) is 1. The van der Waals surface area contributed by atoms with Crippen LogP contribution >= 0.6 is 11.6 Å². The molecule has 102 valence electrons. The number of rotatable bonds is 9. The largest absolute Gasteiger partial charge is 0.478 e. The molecule has 1 aromatic rings. The maximum absolute atomic E-state index is 6.08. The standard InChI is InChI=1S/C14H23ClN2O/c1-3-5-6-7-8-18-14-9-12(10-16-4-2)13(15)11-17-14/h9,11,16H,3-8,10H2,1-2H3. The summed E-state index contributed by atoms with van der Waals surface area (Å²) in [6.45, 7) is 6.68. The Hall–Kier alpha value is -0.800. The van der Waals surface area contributed by atoms with Crippen molar-refractivity contribution in [3.63, 3.8) is 0 Å². The molecule has 4 heteroatoms. The fourth-order valence-corrected chi connectivity index (χ4v) is 1.81. The van der Waals surface area contributed by atoms with E-state index in [-0.39, 0.29) is 0 Å². The summed E-state index contributed by atoms with van der Waals surface area (Å²) < 4.78 is 5.63. The Morgan fingerprint density at radius 2 is 2.11 bits per heavy atom. The Morgan fingerprint density at radius 3 is 2.83 bits per heavy atom. The van der Waals surface area contributed by atoms with Crippen LogP contribution in [0.2, 0.25) is 5.02 Å². The third kappa shape index (κ3) is 5.69. The van der Waals surface area contributed by atoms with Crippen LogP contribution in [0, 0.1) is 0 Å². The third-order valence-electron chi connectivity index (χ3n) is 2.72. The lowest BCUT2D eigenvalue weighted by atomic mass is 10.2. The SMILES string of the molecule is CCCCCCOc1cc(CNCC)c(Cl)cn1. The van der Waals surface area contributed by atoms with Gasteiger partial charge >= 0.3 is 0 Å². The molecule has 0 unspecified atom stereocenters. The molecule has 0 aromatic carbocycles. The van der Waals surface area contributed by atoms with E-state index in [1.165, 1.54) is 19.3 Å². The molecule has 0 aliphatic rings. The minimum absolute atomic E-state index is 0.670. The van der Waals surface area contributed by atoms with E-state index in [0.29, 0.717) is 10.9 Å². The first kappa shape index (κ1) is 15.3. The average Bonchev–Trinajstić information content (AvgIpc) is 2.39. The lowest BCUT2D eigenvalue weighted by molar-refractivity contribution is 0.293. The molecule has 0 atom stereocenters. The van der Waals surface area contributed by atoms with Crippen molar-refractivity contribution < 1.29 is 4.74 Å². The molecule has 0 aliphatic carbocycles. The first-order valence-electron chi connectivity index (χ1n) is 6.75. The van der Waals surface area contributed by atoms with Crippen molar-refractivity contribution in [1.82, 2.24) is 10.3 Å². The summed E-state index contributed by atoms with van der Waals surface area (Å²) in [4.78, 5) is 4.18. The normalized spacial score (nSPS) is 10.6. The predicted octanol–water partition coefficient (Wildman–Crippen LogP) is 3.80. The number of unbranched alkanes of at least 4 members (excludes halogenated alkanes) is 3. The minimum atomic E-state index is 0.670.